The zero-order valence-electron chi connectivity index (χ0n) is 17.5. The Morgan fingerprint density at radius 2 is 1.89 bits per heavy atom. The van der Waals surface area contributed by atoms with Gasteiger partial charge < -0.3 is 15.6 Å². The number of likely N-dealkylation sites (tertiary alicyclic amines) is 1. The van der Waals surface area contributed by atoms with Crippen molar-refractivity contribution in [1.29, 1.82) is 0 Å². The summed E-state index contributed by atoms with van der Waals surface area (Å²) in [7, 11) is 0. The molecule has 2 heterocycles. The van der Waals surface area contributed by atoms with Gasteiger partial charge in [0.2, 0.25) is 0 Å². The van der Waals surface area contributed by atoms with Gasteiger partial charge in [0.1, 0.15) is 12.4 Å². The molecular weight excluding hydrogens is 348 g/mol. The molecule has 1 saturated heterocycles. The van der Waals surface area contributed by atoms with Gasteiger partial charge in [-0.25, -0.2) is 9.98 Å². The van der Waals surface area contributed by atoms with E-state index in [4.69, 9.17) is 4.99 Å². The van der Waals surface area contributed by atoms with Gasteiger partial charge in [0.05, 0.1) is 11.9 Å². The smallest absolute Gasteiger partial charge is 0.191 e. The molecule has 152 valence electrons. The van der Waals surface area contributed by atoms with Gasteiger partial charge in [0, 0.05) is 18.6 Å². The first kappa shape index (κ1) is 20.4. The third-order valence-corrected chi connectivity index (χ3v) is 5.34. The molecule has 0 aliphatic carbocycles. The van der Waals surface area contributed by atoms with Gasteiger partial charge in [-0.05, 0) is 52.3 Å². The lowest BCUT2D eigenvalue weighted by atomic mass is 9.98. The quantitative estimate of drug-likeness (QED) is 0.507. The number of piperidine rings is 1. The van der Waals surface area contributed by atoms with Crippen molar-refractivity contribution >= 4 is 5.96 Å². The highest BCUT2D eigenvalue weighted by atomic mass is 15.2. The molecule has 1 aromatic carbocycles. The molecule has 0 spiro atoms. The Morgan fingerprint density at radius 3 is 2.61 bits per heavy atom. The van der Waals surface area contributed by atoms with Gasteiger partial charge in [-0.1, -0.05) is 36.8 Å². The van der Waals surface area contributed by atoms with Crippen molar-refractivity contribution in [3.63, 3.8) is 0 Å². The number of H-pyrrole nitrogens is 1. The molecule has 0 saturated carbocycles. The van der Waals surface area contributed by atoms with E-state index in [1.165, 1.54) is 32.4 Å². The Bertz CT molecular complexity index is 743. The third kappa shape index (κ3) is 5.58. The molecule has 0 unspecified atom stereocenters. The standard InChI is InChI=1S/C22H34N6/c1-4-23-21(26-17-22(2,3)28-13-9-6-10-14-28)25-16-20-24-15-19(27-20)18-11-7-5-8-12-18/h5,7-8,11-12,15H,4,6,9-10,13-14,16-17H2,1-3H3,(H,24,27)(H2,23,25,26). The summed E-state index contributed by atoms with van der Waals surface area (Å²) < 4.78 is 0. The van der Waals surface area contributed by atoms with Gasteiger partial charge in [0.15, 0.2) is 5.96 Å². The molecule has 3 N–H and O–H groups in total. The first-order valence-corrected chi connectivity index (χ1v) is 10.4. The van der Waals surface area contributed by atoms with E-state index in [1.54, 1.807) is 0 Å². The number of rotatable bonds is 7. The zero-order chi connectivity index (χ0) is 19.8. The van der Waals surface area contributed by atoms with Crippen LogP contribution >= 0.6 is 0 Å². The molecule has 28 heavy (non-hydrogen) atoms. The topological polar surface area (TPSA) is 68.3 Å². The summed E-state index contributed by atoms with van der Waals surface area (Å²) in [4.78, 5) is 15.2. The fraction of sp³-hybridized carbons (Fsp3) is 0.545. The molecule has 0 radical (unpaired) electrons. The number of nitrogens with zero attached hydrogens (tertiary/aromatic N) is 3. The minimum atomic E-state index is 0.113. The molecule has 6 nitrogen and oxygen atoms in total. The van der Waals surface area contributed by atoms with Crippen molar-refractivity contribution in [2.24, 2.45) is 4.99 Å². The van der Waals surface area contributed by atoms with E-state index in [2.05, 4.69) is 58.4 Å². The van der Waals surface area contributed by atoms with Crippen LogP contribution in [0.3, 0.4) is 0 Å². The van der Waals surface area contributed by atoms with Crippen LogP contribution in [-0.4, -0.2) is 52.5 Å². The molecule has 6 heteroatoms. The number of aromatic nitrogens is 2. The van der Waals surface area contributed by atoms with Crippen LogP contribution in [0.5, 0.6) is 0 Å². The van der Waals surface area contributed by atoms with Crippen LogP contribution in [0.2, 0.25) is 0 Å². The predicted octanol–water partition coefficient (Wildman–Crippen LogP) is 3.40. The number of guanidine groups is 1. The second-order valence-corrected chi connectivity index (χ2v) is 8.02. The number of imidazole rings is 1. The first-order chi connectivity index (χ1) is 13.6. The van der Waals surface area contributed by atoms with E-state index in [0.29, 0.717) is 6.54 Å². The van der Waals surface area contributed by atoms with E-state index < -0.39 is 0 Å². The summed E-state index contributed by atoms with van der Waals surface area (Å²) in [6, 6.07) is 10.2. The lowest BCUT2D eigenvalue weighted by Crippen LogP contribution is -2.54. The van der Waals surface area contributed by atoms with Crippen molar-refractivity contribution < 1.29 is 0 Å². The van der Waals surface area contributed by atoms with Crippen LogP contribution < -0.4 is 10.6 Å². The van der Waals surface area contributed by atoms with Crippen LogP contribution in [0.1, 0.15) is 45.9 Å². The lowest BCUT2D eigenvalue weighted by molar-refractivity contribution is 0.0982. The number of hydrogen-bond acceptors (Lipinski definition) is 3. The van der Waals surface area contributed by atoms with Crippen LogP contribution in [0.4, 0.5) is 0 Å². The molecular formula is C22H34N6. The van der Waals surface area contributed by atoms with Crippen LogP contribution in [0, 0.1) is 0 Å². The maximum absolute atomic E-state index is 4.72. The summed E-state index contributed by atoms with van der Waals surface area (Å²) in [5.41, 5.74) is 2.27. The zero-order valence-corrected chi connectivity index (χ0v) is 17.5. The van der Waals surface area contributed by atoms with Gasteiger partial charge >= 0.3 is 0 Å². The third-order valence-electron chi connectivity index (χ3n) is 5.34. The minimum Gasteiger partial charge on any atom is -0.357 e. The number of hydrogen-bond donors (Lipinski definition) is 3. The highest BCUT2D eigenvalue weighted by Crippen LogP contribution is 2.20. The lowest BCUT2D eigenvalue weighted by Gasteiger charge is -2.41. The summed E-state index contributed by atoms with van der Waals surface area (Å²) in [6.07, 6.45) is 5.85. The van der Waals surface area contributed by atoms with Gasteiger partial charge in [-0.15, -0.1) is 0 Å². The molecule has 2 aromatic rings. The van der Waals surface area contributed by atoms with Crippen LogP contribution in [-0.2, 0) is 6.54 Å². The average molecular weight is 383 g/mol. The molecule has 3 rings (SSSR count). The fourth-order valence-corrected chi connectivity index (χ4v) is 3.61. The molecule has 1 aromatic heterocycles. The second kappa shape index (κ2) is 9.73. The molecule has 1 fully saturated rings. The molecule has 0 atom stereocenters. The fourth-order valence-electron chi connectivity index (χ4n) is 3.61. The van der Waals surface area contributed by atoms with E-state index in [-0.39, 0.29) is 5.54 Å². The maximum atomic E-state index is 4.72. The SMILES string of the molecule is CCNC(=NCc1ncc(-c2ccccc2)[nH]1)NCC(C)(C)N1CCCCC1. The maximum Gasteiger partial charge on any atom is 0.191 e. The summed E-state index contributed by atoms with van der Waals surface area (Å²) in [6.45, 7) is 11.3. The molecule has 1 aliphatic heterocycles. The number of aliphatic imine (C=N–C) groups is 1. The second-order valence-electron chi connectivity index (χ2n) is 8.02. The van der Waals surface area contributed by atoms with Crippen molar-refractivity contribution in [3.8, 4) is 11.3 Å². The minimum absolute atomic E-state index is 0.113. The van der Waals surface area contributed by atoms with Gasteiger partial charge in [0.25, 0.3) is 0 Å². The monoisotopic (exact) mass is 382 g/mol. The number of nitrogens with one attached hydrogen (secondary N) is 3. The molecule has 0 amide bonds. The summed E-state index contributed by atoms with van der Waals surface area (Å²) in [5, 5.41) is 6.87. The van der Waals surface area contributed by atoms with Crippen molar-refractivity contribution in [3.05, 3.63) is 42.4 Å². The van der Waals surface area contributed by atoms with Crippen molar-refractivity contribution in [2.45, 2.75) is 52.1 Å². The predicted molar refractivity (Wildman–Crippen MR) is 116 cm³/mol. The van der Waals surface area contributed by atoms with Crippen molar-refractivity contribution in [1.82, 2.24) is 25.5 Å². The van der Waals surface area contributed by atoms with Gasteiger partial charge in [-0.3, -0.25) is 4.90 Å². The summed E-state index contributed by atoms with van der Waals surface area (Å²) in [5.74, 6) is 1.71. The van der Waals surface area contributed by atoms with Gasteiger partial charge in [-0.2, -0.15) is 0 Å². The Labute approximate surface area is 168 Å². The Morgan fingerprint density at radius 1 is 1.14 bits per heavy atom. The molecule has 1 aliphatic rings. The molecule has 0 bridgehead atoms. The number of aromatic amines is 1. The highest BCUT2D eigenvalue weighted by Gasteiger charge is 2.27. The first-order valence-electron chi connectivity index (χ1n) is 10.4. The number of benzene rings is 1. The van der Waals surface area contributed by atoms with Crippen molar-refractivity contribution in [2.75, 3.05) is 26.2 Å². The normalized spacial score (nSPS) is 16.2. The van der Waals surface area contributed by atoms with Crippen LogP contribution in [0.15, 0.2) is 41.5 Å². The van der Waals surface area contributed by atoms with E-state index in [1.807, 2.05) is 24.4 Å². The largest absolute Gasteiger partial charge is 0.357 e. The summed E-state index contributed by atoms with van der Waals surface area (Å²) >= 11 is 0. The van der Waals surface area contributed by atoms with E-state index in [0.717, 1.165) is 36.1 Å². The van der Waals surface area contributed by atoms with Crippen LogP contribution in [0.25, 0.3) is 11.3 Å². The average Bonchev–Trinajstić information content (AvgIpc) is 3.20. The van der Waals surface area contributed by atoms with E-state index in [9.17, 15) is 0 Å². The highest BCUT2D eigenvalue weighted by molar-refractivity contribution is 5.79. The Hall–Kier alpha value is -2.34. The Balaban J connectivity index is 1.59. The Kier molecular flexibility index (Phi) is 7.09. The van der Waals surface area contributed by atoms with E-state index >= 15 is 0 Å².